The molecule has 0 aliphatic carbocycles. The molecule has 25 heavy (non-hydrogen) atoms. The molecule has 2 rings (SSSR count). The molecule has 2 aromatic rings. The van der Waals surface area contributed by atoms with Crippen molar-refractivity contribution in [1.82, 2.24) is 5.32 Å². The van der Waals surface area contributed by atoms with Crippen LogP contribution in [0.3, 0.4) is 0 Å². The van der Waals surface area contributed by atoms with Crippen molar-refractivity contribution in [2.45, 2.75) is 19.8 Å². The molecule has 0 fully saturated rings. The fourth-order valence-electron chi connectivity index (χ4n) is 2.15. The zero-order chi connectivity index (χ0) is 18.4. The van der Waals surface area contributed by atoms with Crippen molar-refractivity contribution < 1.29 is 9.59 Å². The average molecular weight is 444 g/mol. The molecule has 0 aliphatic heterocycles. The van der Waals surface area contributed by atoms with Crippen LogP contribution in [0.2, 0.25) is 10.0 Å². The first-order valence-corrected chi connectivity index (χ1v) is 9.16. The second-order valence-electron chi connectivity index (χ2n) is 5.53. The minimum Gasteiger partial charge on any atom is -0.355 e. The van der Waals surface area contributed by atoms with Gasteiger partial charge in [0.2, 0.25) is 11.8 Å². The third kappa shape index (κ3) is 6.34. The Labute approximate surface area is 165 Å². The monoisotopic (exact) mass is 442 g/mol. The van der Waals surface area contributed by atoms with Crippen LogP contribution in [0.25, 0.3) is 0 Å². The summed E-state index contributed by atoms with van der Waals surface area (Å²) in [6, 6.07) is 10.7. The van der Waals surface area contributed by atoms with Crippen molar-refractivity contribution in [2.75, 3.05) is 11.9 Å². The second kappa shape index (κ2) is 9.22. The molecule has 2 N–H and O–H groups in total. The number of amides is 2. The second-order valence-corrected chi connectivity index (χ2v) is 7.26. The Balaban J connectivity index is 1.77. The van der Waals surface area contributed by atoms with Gasteiger partial charge in [-0.3, -0.25) is 9.59 Å². The highest BCUT2D eigenvalue weighted by molar-refractivity contribution is 9.10. The number of hydrogen-bond acceptors (Lipinski definition) is 2. The molecule has 0 aliphatic rings. The molecule has 2 amide bonds. The zero-order valence-corrected chi connectivity index (χ0v) is 16.6. The van der Waals surface area contributed by atoms with Crippen LogP contribution in [0.1, 0.15) is 17.5 Å². The smallest absolute Gasteiger partial charge is 0.226 e. The SMILES string of the molecule is Cc1ccc(Br)cc1NC(=O)CCNC(=O)Cc1ccc(Cl)c(Cl)c1. The average Bonchev–Trinajstić information content (AvgIpc) is 2.54. The highest BCUT2D eigenvalue weighted by atomic mass is 79.9. The number of rotatable bonds is 6. The minimum absolute atomic E-state index is 0.156. The lowest BCUT2D eigenvalue weighted by Gasteiger charge is -2.10. The molecular formula is C18H17BrCl2N2O2. The van der Waals surface area contributed by atoms with E-state index in [0.29, 0.717) is 10.0 Å². The maximum Gasteiger partial charge on any atom is 0.226 e. The molecule has 4 nitrogen and oxygen atoms in total. The van der Waals surface area contributed by atoms with Gasteiger partial charge in [0.15, 0.2) is 0 Å². The first-order chi connectivity index (χ1) is 11.8. The molecule has 0 heterocycles. The van der Waals surface area contributed by atoms with Crippen molar-refractivity contribution >= 4 is 56.6 Å². The lowest BCUT2D eigenvalue weighted by Crippen LogP contribution is -2.29. The van der Waals surface area contributed by atoms with Gasteiger partial charge in [0.1, 0.15) is 0 Å². The number of halogens is 3. The lowest BCUT2D eigenvalue weighted by molar-refractivity contribution is -0.120. The van der Waals surface area contributed by atoms with E-state index in [2.05, 4.69) is 26.6 Å². The summed E-state index contributed by atoms with van der Waals surface area (Å²) in [7, 11) is 0. The molecule has 0 bridgehead atoms. The Bertz CT molecular complexity index is 797. The van der Waals surface area contributed by atoms with Gasteiger partial charge in [0.05, 0.1) is 16.5 Å². The number of benzene rings is 2. The van der Waals surface area contributed by atoms with Gasteiger partial charge in [-0.25, -0.2) is 0 Å². The molecule has 0 atom stereocenters. The summed E-state index contributed by atoms with van der Waals surface area (Å²) >= 11 is 15.1. The number of carbonyl (C=O) groups excluding carboxylic acids is 2. The molecule has 0 radical (unpaired) electrons. The maximum absolute atomic E-state index is 12.0. The van der Waals surface area contributed by atoms with Crippen molar-refractivity contribution in [3.8, 4) is 0 Å². The van der Waals surface area contributed by atoms with E-state index in [1.807, 2.05) is 25.1 Å². The number of nitrogens with one attached hydrogen (secondary N) is 2. The summed E-state index contributed by atoms with van der Waals surface area (Å²) in [6.45, 7) is 2.18. The van der Waals surface area contributed by atoms with Crippen LogP contribution in [0.4, 0.5) is 5.69 Å². The molecule has 0 saturated heterocycles. The number of aryl methyl sites for hydroxylation is 1. The van der Waals surface area contributed by atoms with Gasteiger partial charge in [-0.15, -0.1) is 0 Å². The topological polar surface area (TPSA) is 58.2 Å². The van der Waals surface area contributed by atoms with E-state index in [1.165, 1.54) is 0 Å². The fraction of sp³-hybridized carbons (Fsp3) is 0.222. The van der Waals surface area contributed by atoms with Crippen molar-refractivity contribution in [2.24, 2.45) is 0 Å². The van der Waals surface area contributed by atoms with Crippen molar-refractivity contribution in [3.63, 3.8) is 0 Å². The van der Waals surface area contributed by atoms with Crippen LogP contribution in [0, 0.1) is 6.92 Å². The third-order valence-corrected chi connectivity index (χ3v) is 4.73. The molecular weight excluding hydrogens is 427 g/mol. The van der Waals surface area contributed by atoms with Gasteiger partial charge in [-0.1, -0.05) is 51.3 Å². The van der Waals surface area contributed by atoms with Crippen molar-refractivity contribution in [3.05, 3.63) is 62.0 Å². The summed E-state index contributed by atoms with van der Waals surface area (Å²) in [5, 5.41) is 6.42. The Kier molecular flexibility index (Phi) is 7.29. The lowest BCUT2D eigenvalue weighted by atomic mass is 10.1. The molecule has 2 aromatic carbocycles. The summed E-state index contributed by atoms with van der Waals surface area (Å²) in [4.78, 5) is 23.9. The van der Waals surface area contributed by atoms with Gasteiger partial charge < -0.3 is 10.6 Å². The van der Waals surface area contributed by atoms with E-state index in [0.717, 1.165) is 21.3 Å². The zero-order valence-electron chi connectivity index (χ0n) is 13.5. The molecule has 0 spiro atoms. The normalized spacial score (nSPS) is 10.4. The van der Waals surface area contributed by atoms with Crippen LogP contribution in [0.5, 0.6) is 0 Å². The predicted octanol–water partition coefficient (Wildman–Crippen LogP) is 4.75. The number of carbonyl (C=O) groups is 2. The number of anilines is 1. The fourth-order valence-corrected chi connectivity index (χ4v) is 2.84. The highest BCUT2D eigenvalue weighted by Gasteiger charge is 2.08. The maximum atomic E-state index is 12.0. The van der Waals surface area contributed by atoms with Crippen molar-refractivity contribution in [1.29, 1.82) is 0 Å². The summed E-state index contributed by atoms with van der Waals surface area (Å²) in [5.74, 6) is -0.333. The Morgan fingerprint density at radius 3 is 2.52 bits per heavy atom. The third-order valence-electron chi connectivity index (χ3n) is 3.50. The molecule has 0 aromatic heterocycles. The summed E-state index contributed by atoms with van der Waals surface area (Å²) < 4.78 is 0.892. The van der Waals surface area contributed by atoms with Crippen LogP contribution in [-0.4, -0.2) is 18.4 Å². The van der Waals surface area contributed by atoms with E-state index in [9.17, 15) is 9.59 Å². The van der Waals surface area contributed by atoms with Gasteiger partial charge in [-0.05, 0) is 42.3 Å². The van der Waals surface area contributed by atoms with E-state index in [-0.39, 0.29) is 31.2 Å². The highest BCUT2D eigenvalue weighted by Crippen LogP contribution is 2.23. The van der Waals surface area contributed by atoms with Crippen LogP contribution in [0.15, 0.2) is 40.9 Å². The molecule has 7 heteroatoms. The first kappa shape index (κ1) is 19.8. The van der Waals surface area contributed by atoms with Crippen LogP contribution < -0.4 is 10.6 Å². The van der Waals surface area contributed by atoms with E-state index < -0.39 is 0 Å². The number of hydrogen-bond donors (Lipinski definition) is 2. The Morgan fingerprint density at radius 2 is 1.80 bits per heavy atom. The Morgan fingerprint density at radius 1 is 1.04 bits per heavy atom. The van der Waals surface area contributed by atoms with Gasteiger partial charge in [-0.2, -0.15) is 0 Å². The molecule has 0 unspecified atom stereocenters. The van der Waals surface area contributed by atoms with Crippen LogP contribution >= 0.6 is 39.1 Å². The van der Waals surface area contributed by atoms with Crippen LogP contribution in [-0.2, 0) is 16.0 Å². The Hall–Kier alpha value is -1.56. The predicted molar refractivity (Wildman–Crippen MR) is 105 cm³/mol. The standard InChI is InChI=1S/C18H17BrCl2N2O2/c1-11-2-4-13(19)10-16(11)23-17(24)6-7-22-18(25)9-12-3-5-14(20)15(21)8-12/h2-5,8,10H,6-7,9H2,1H3,(H,22,25)(H,23,24). The van der Waals surface area contributed by atoms with E-state index in [1.54, 1.807) is 18.2 Å². The molecule has 0 saturated carbocycles. The van der Waals surface area contributed by atoms with Gasteiger partial charge >= 0.3 is 0 Å². The first-order valence-electron chi connectivity index (χ1n) is 7.62. The summed E-state index contributed by atoms with van der Waals surface area (Å²) in [6.07, 6.45) is 0.377. The summed E-state index contributed by atoms with van der Waals surface area (Å²) in [5.41, 5.74) is 2.49. The van der Waals surface area contributed by atoms with E-state index in [4.69, 9.17) is 23.2 Å². The largest absolute Gasteiger partial charge is 0.355 e. The molecule has 132 valence electrons. The van der Waals surface area contributed by atoms with Gasteiger partial charge in [0.25, 0.3) is 0 Å². The van der Waals surface area contributed by atoms with E-state index >= 15 is 0 Å². The van der Waals surface area contributed by atoms with Gasteiger partial charge in [0, 0.05) is 23.1 Å². The quantitative estimate of drug-likeness (QED) is 0.676. The minimum atomic E-state index is -0.176.